The maximum atomic E-state index is 12.5. The Balaban J connectivity index is 1.80. The molecule has 2 fully saturated rings. The number of hydrogen-bond acceptors (Lipinski definition) is 4. The molecule has 3 rings (SSSR count). The molecule has 1 atom stereocenters. The molecule has 6 heteroatoms. The van der Waals surface area contributed by atoms with Gasteiger partial charge in [0.25, 0.3) is 5.91 Å². The minimum Gasteiger partial charge on any atom is -0.378 e. The summed E-state index contributed by atoms with van der Waals surface area (Å²) in [7, 11) is 0. The number of pyridine rings is 1. The van der Waals surface area contributed by atoms with Crippen LogP contribution in [0, 0.1) is 0 Å². The predicted molar refractivity (Wildman–Crippen MR) is 75.6 cm³/mol. The van der Waals surface area contributed by atoms with Gasteiger partial charge in [-0.2, -0.15) is 0 Å². The van der Waals surface area contributed by atoms with Gasteiger partial charge in [-0.05, 0) is 18.1 Å². The summed E-state index contributed by atoms with van der Waals surface area (Å²) in [6.07, 6.45) is 0.535. The maximum Gasteiger partial charge on any atom is 0.325 e. The topological polar surface area (TPSA) is 71.5 Å². The fourth-order valence-electron chi connectivity index (χ4n) is 2.72. The average Bonchev–Trinajstić information content (AvgIpc) is 3.01. The molecular formula is C15H19N3O3. The van der Waals surface area contributed by atoms with Crippen molar-refractivity contribution in [1.82, 2.24) is 15.2 Å². The van der Waals surface area contributed by atoms with E-state index in [-0.39, 0.29) is 25.1 Å². The second kappa shape index (κ2) is 5.11. The number of nitrogens with zero attached hydrogens (tertiary/aromatic N) is 2. The molecule has 0 aromatic carbocycles. The van der Waals surface area contributed by atoms with Crippen LogP contribution in [0.3, 0.4) is 0 Å². The molecule has 1 N–H and O–H groups in total. The third kappa shape index (κ3) is 2.40. The van der Waals surface area contributed by atoms with E-state index in [1.54, 1.807) is 0 Å². The number of hydrogen-bond donors (Lipinski definition) is 1. The molecule has 1 aromatic heterocycles. The standard InChI is InChI=1S/C15H19N3O3/c1-10(2)12-5-3-4-11(16-12)8-18-13(19)15(17-14(18)20)6-7-21-9-15/h3-5,10H,6-9H2,1-2H3,(H,17,20). The normalized spacial score (nSPS) is 25.2. The Hall–Kier alpha value is -1.95. The molecule has 21 heavy (non-hydrogen) atoms. The van der Waals surface area contributed by atoms with Crippen LogP contribution >= 0.6 is 0 Å². The number of carbonyl (C=O) groups is 2. The van der Waals surface area contributed by atoms with E-state index in [1.165, 1.54) is 4.90 Å². The Labute approximate surface area is 123 Å². The molecule has 0 radical (unpaired) electrons. The van der Waals surface area contributed by atoms with Gasteiger partial charge in [-0.1, -0.05) is 19.9 Å². The summed E-state index contributed by atoms with van der Waals surface area (Å²) >= 11 is 0. The van der Waals surface area contributed by atoms with Crippen LogP contribution in [0.1, 0.15) is 37.6 Å². The summed E-state index contributed by atoms with van der Waals surface area (Å²) < 4.78 is 5.27. The molecule has 1 unspecified atom stereocenters. The first-order chi connectivity index (χ1) is 10.0. The summed E-state index contributed by atoms with van der Waals surface area (Å²) in [6.45, 7) is 5.08. The molecule has 3 amide bonds. The second-order valence-electron chi connectivity index (χ2n) is 5.91. The first-order valence-corrected chi connectivity index (χ1v) is 7.19. The first-order valence-electron chi connectivity index (χ1n) is 7.19. The molecule has 0 aliphatic carbocycles. The number of rotatable bonds is 3. The van der Waals surface area contributed by atoms with Gasteiger partial charge in [0.15, 0.2) is 0 Å². The lowest BCUT2D eigenvalue weighted by Crippen LogP contribution is -2.47. The number of amides is 3. The van der Waals surface area contributed by atoms with Gasteiger partial charge >= 0.3 is 6.03 Å². The monoisotopic (exact) mass is 289 g/mol. The van der Waals surface area contributed by atoms with Crippen LogP contribution in [-0.2, 0) is 16.1 Å². The van der Waals surface area contributed by atoms with Gasteiger partial charge < -0.3 is 10.1 Å². The van der Waals surface area contributed by atoms with E-state index in [0.29, 0.717) is 18.9 Å². The molecule has 1 aromatic rings. The summed E-state index contributed by atoms with van der Waals surface area (Å²) in [5, 5.41) is 2.77. The highest BCUT2D eigenvalue weighted by molar-refractivity contribution is 6.07. The van der Waals surface area contributed by atoms with Crippen molar-refractivity contribution < 1.29 is 14.3 Å². The number of ether oxygens (including phenoxy) is 1. The lowest BCUT2D eigenvalue weighted by molar-refractivity contribution is -0.131. The summed E-state index contributed by atoms with van der Waals surface area (Å²) in [5.41, 5.74) is 0.825. The minimum absolute atomic E-state index is 0.201. The van der Waals surface area contributed by atoms with Crippen LogP contribution in [0.25, 0.3) is 0 Å². The second-order valence-corrected chi connectivity index (χ2v) is 5.91. The van der Waals surface area contributed by atoms with Crippen molar-refractivity contribution in [3.63, 3.8) is 0 Å². The van der Waals surface area contributed by atoms with Gasteiger partial charge in [-0.3, -0.25) is 14.7 Å². The van der Waals surface area contributed by atoms with Gasteiger partial charge in [0.1, 0.15) is 5.54 Å². The number of imide groups is 1. The molecule has 0 saturated carbocycles. The summed E-state index contributed by atoms with van der Waals surface area (Å²) in [6, 6.07) is 5.33. The zero-order chi connectivity index (χ0) is 15.0. The number of carbonyl (C=O) groups excluding carboxylic acids is 2. The Bertz CT molecular complexity index is 579. The Kier molecular flexibility index (Phi) is 3.41. The van der Waals surface area contributed by atoms with Crippen molar-refractivity contribution in [2.75, 3.05) is 13.2 Å². The number of aromatic nitrogens is 1. The molecule has 6 nitrogen and oxygen atoms in total. The predicted octanol–water partition coefficient (Wildman–Crippen LogP) is 1.42. The fraction of sp³-hybridized carbons (Fsp3) is 0.533. The quantitative estimate of drug-likeness (QED) is 0.854. The van der Waals surface area contributed by atoms with Crippen molar-refractivity contribution in [3.05, 3.63) is 29.6 Å². The van der Waals surface area contributed by atoms with Crippen LogP contribution in [0.4, 0.5) is 4.79 Å². The Morgan fingerprint density at radius 1 is 1.43 bits per heavy atom. The van der Waals surface area contributed by atoms with Crippen LogP contribution in [-0.4, -0.2) is 40.6 Å². The van der Waals surface area contributed by atoms with Crippen LogP contribution in [0.5, 0.6) is 0 Å². The zero-order valence-corrected chi connectivity index (χ0v) is 12.3. The maximum absolute atomic E-state index is 12.5. The lowest BCUT2D eigenvalue weighted by atomic mass is 9.99. The van der Waals surface area contributed by atoms with Gasteiger partial charge in [0.05, 0.1) is 18.8 Å². The van der Waals surface area contributed by atoms with E-state index < -0.39 is 5.54 Å². The molecule has 112 valence electrons. The third-order valence-corrected chi connectivity index (χ3v) is 4.01. The van der Waals surface area contributed by atoms with Crippen molar-refractivity contribution in [1.29, 1.82) is 0 Å². The van der Waals surface area contributed by atoms with Gasteiger partial charge in [0.2, 0.25) is 0 Å². The summed E-state index contributed by atoms with van der Waals surface area (Å²) in [4.78, 5) is 30.3. The van der Waals surface area contributed by atoms with E-state index in [9.17, 15) is 9.59 Å². The van der Waals surface area contributed by atoms with E-state index in [2.05, 4.69) is 24.1 Å². The highest BCUT2D eigenvalue weighted by atomic mass is 16.5. The fourth-order valence-corrected chi connectivity index (χ4v) is 2.72. The van der Waals surface area contributed by atoms with Crippen molar-refractivity contribution >= 4 is 11.9 Å². The van der Waals surface area contributed by atoms with E-state index in [1.807, 2.05) is 18.2 Å². The average molecular weight is 289 g/mol. The molecule has 2 aliphatic heterocycles. The zero-order valence-electron chi connectivity index (χ0n) is 12.3. The van der Waals surface area contributed by atoms with Crippen molar-refractivity contribution in [2.24, 2.45) is 0 Å². The lowest BCUT2D eigenvalue weighted by Gasteiger charge is -2.18. The van der Waals surface area contributed by atoms with E-state index >= 15 is 0 Å². The van der Waals surface area contributed by atoms with Crippen molar-refractivity contribution in [3.8, 4) is 0 Å². The van der Waals surface area contributed by atoms with Crippen molar-refractivity contribution in [2.45, 2.75) is 38.3 Å². The highest BCUT2D eigenvalue weighted by Crippen LogP contribution is 2.27. The molecule has 2 saturated heterocycles. The SMILES string of the molecule is CC(C)c1cccc(CN2C(=O)NC3(CCOC3)C2=O)n1. The largest absolute Gasteiger partial charge is 0.378 e. The molecular weight excluding hydrogens is 270 g/mol. The first kappa shape index (κ1) is 14.0. The number of urea groups is 1. The summed E-state index contributed by atoms with van der Waals surface area (Å²) in [5.74, 6) is 0.101. The molecule has 3 heterocycles. The van der Waals surface area contributed by atoms with Gasteiger partial charge in [-0.25, -0.2) is 4.79 Å². The van der Waals surface area contributed by atoms with Crippen LogP contribution in [0.15, 0.2) is 18.2 Å². The Morgan fingerprint density at radius 2 is 2.24 bits per heavy atom. The molecule has 0 bridgehead atoms. The van der Waals surface area contributed by atoms with Crippen LogP contribution < -0.4 is 5.32 Å². The minimum atomic E-state index is -0.854. The van der Waals surface area contributed by atoms with E-state index in [4.69, 9.17) is 4.74 Å². The van der Waals surface area contributed by atoms with E-state index in [0.717, 1.165) is 11.4 Å². The van der Waals surface area contributed by atoms with Gasteiger partial charge in [-0.15, -0.1) is 0 Å². The number of nitrogens with one attached hydrogen (secondary N) is 1. The van der Waals surface area contributed by atoms with Gasteiger partial charge in [0, 0.05) is 18.7 Å². The molecule has 1 spiro atoms. The highest BCUT2D eigenvalue weighted by Gasteiger charge is 2.53. The Morgan fingerprint density at radius 3 is 2.90 bits per heavy atom. The molecule has 2 aliphatic rings. The smallest absolute Gasteiger partial charge is 0.325 e. The van der Waals surface area contributed by atoms with Crippen LogP contribution in [0.2, 0.25) is 0 Å². The third-order valence-electron chi connectivity index (χ3n) is 4.01.